The number of sulfonamides is 1. The molecule has 0 radical (unpaired) electrons. The molecule has 0 unspecified atom stereocenters. The number of likely N-dealkylation sites (tertiary alicyclic amines) is 1. The lowest BCUT2D eigenvalue weighted by molar-refractivity contribution is -0.116. The number of nitrogens with one attached hydrogen (secondary N) is 1. The lowest BCUT2D eigenvalue weighted by atomic mass is 10.1. The Morgan fingerprint density at radius 1 is 0.970 bits per heavy atom. The van der Waals surface area contributed by atoms with E-state index >= 15 is 0 Å². The van der Waals surface area contributed by atoms with Crippen LogP contribution in [0.25, 0.3) is 0 Å². The van der Waals surface area contributed by atoms with Gasteiger partial charge >= 0.3 is 0 Å². The molecule has 1 fully saturated rings. The Morgan fingerprint density at radius 3 is 2.21 bits per heavy atom. The molecule has 8 heteroatoms. The molecule has 7 nitrogen and oxygen atoms in total. The number of carbonyl (C=O) groups excluding carboxylic acids is 2. The van der Waals surface area contributed by atoms with E-state index in [0.717, 1.165) is 47.4 Å². The Bertz CT molecular complexity index is 1120. The van der Waals surface area contributed by atoms with E-state index in [4.69, 9.17) is 0 Å². The van der Waals surface area contributed by atoms with E-state index in [1.807, 2.05) is 24.8 Å². The van der Waals surface area contributed by atoms with Crippen LogP contribution >= 0.6 is 0 Å². The normalized spacial score (nSPS) is 15.5. The van der Waals surface area contributed by atoms with Crippen molar-refractivity contribution in [2.24, 2.45) is 0 Å². The van der Waals surface area contributed by atoms with Gasteiger partial charge in [-0.1, -0.05) is 31.0 Å². The standard InChI is InChI=1S/C25H33N3O4S/c1-18-13-14-21(17-19(18)2)28(33(4,31)32)20(3)24(29)26-23-12-8-7-11-22(23)25(30)27-15-9-5-6-10-16-27/h7-8,11-14,17,20H,5-6,9-10,15-16H2,1-4H3,(H,26,29)/t20-/m1/s1. The first-order valence-electron chi connectivity index (χ1n) is 11.4. The van der Waals surface area contributed by atoms with Crippen molar-refractivity contribution in [3.8, 4) is 0 Å². The van der Waals surface area contributed by atoms with E-state index in [0.29, 0.717) is 30.0 Å². The maximum Gasteiger partial charge on any atom is 0.255 e. The summed E-state index contributed by atoms with van der Waals surface area (Å²) in [6, 6.07) is 11.2. The minimum absolute atomic E-state index is 0.116. The van der Waals surface area contributed by atoms with Gasteiger partial charge < -0.3 is 10.2 Å². The average molecular weight is 472 g/mol. The van der Waals surface area contributed by atoms with Crippen molar-refractivity contribution in [1.82, 2.24) is 4.90 Å². The summed E-state index contributed by atoms with van der Waals surface area (Å²) in [5, 5.41) is 2.80. The highest BCUT2D eigenvalue weighted by atomic mass is 32.2. The van der Waals surface area contributed by atoms with Gasteiger partial charge in [0.2, 0.25) is 15.9 Å². The highest BCUT2D eigenvalue weighted by molar-refractivity contribution is 7.92. The largest absolute Gasteiger partial charge is 0.339 e. The van der Waals surface area contributed by atoms with Gasteiger partial charge in [-0.3, -0.25) is 13.9 Å². The van der Waals surface area contributed by atoms with Gasteiger partial charge in [0.1, 0.15) is 6.04 Å². The average Bonchev–Trinajstić information content (AvgIpc) is 3.05. The third-order valence-corrected chi connectivity index (χ3v) is 7.38. The van der Waals surface area contributed by atoms with E-state index in [2.05, 4.69) is 5.32 Å². The monoisotopic (exact) mass is 471 g/mol. The number of hydrogen-bond donors (Lipinski definition) is 1. The first-order chi connectivity index (χ1) is 15.6. The maximum absolute atomic E-state index is 13.2. The van der Waals surface area contributed by atoms with E-state index in [-0.39, 0.29) is 5.91 Å². The fourth-order valence-corrected chi connectivity index (χ4v) is 5.30. The molecule has 1 aliphatic heterocycles. The molecule has 1 heterocycles. The number of aryl methyl sites for hydroxylation is 2. The van der Waals surface area contributed by atoms with Gasteiger partial charge in [-0.25, -0.2) is 8.42 Å². The van der Waals surface area contributed by atoms with Crippen molar-refractivity contribution in [3.63, 3.8) is 0 Å². The first-order valence-corrected chi connectivity index (χ1v) is 13.2. The van der Waals surface area contributed by atoms with Crippen molar-refractivity contribution in [2.45, 2.75) is 52.5 Å². The molecule has 3 rings (SSSR count). The van der Waals surface area contributed by atoms with Crippen LogP contribution in [-0.2, 0) is 14.8 Å². The Kier molecular flexibility index (Phi) is 7.79. The topological polar surface area (TPSA) is 86.8 Å². The summed E-state index contributed by atoms with van der Waals surface area (Å²) in [6.45, 7) is 6.79. The van der Waals surface area contributed by atoms with Crippen LogP contribution in [0.15, 0.2) is 42.5 Å². The summed E-state index contributed by atoms with van der Waals surface area (Å²) < 4.78 is 26.4. The van der Waals surface area contributed by atoms with Gasteiger partial charge in [-0.05, 0) is 69.0 Å². The van der Waals surface area contributed by atoms with Gasteiger partial charge in [0.15, 0.2) is 0 Å². The molecule has 0 aromatic heterocycles. The van der Waals surface area contributed by atoms with Crippen LogP contribution in [0, 0.1) is 13.8 Å². The predicted molar refractivity (Wildman–Crippen MR) is 132 cm³/mol. The first kappa shape index (κ1) is 24.8. The zero-order valence-electron chi connectivity index (χ0n) is 19.8. The number of hydrogen-bond acceptors (Lipinski definition) is 4. The second kappa shape index (κ2) is 10.4. The molecule has 1 N–H and O–H groups in total. The molecule has 2 aromatic rings. The van der Waals surface area contributed by atoms with Gasteiger partial charge in [0, 0.05) is 13.1 Å². The zero-order chi connectivity index (χ0) is 24.2. The van der Waals surface area contributed by atoms with Crippen LogP contribution in [0.2, 0.25) is 0 Å². The lowest BCUT2D eigenvalue weighted by Crippen LogP contribution is -2.45. The van der Waals surface area contributed by atoms with Crippen LogP contribution in [0.1, 0.15) is 54.1 Å². The molecule has 2 amide bonds. The van der Waals surface area contributed by atoms with Gasteiger partial charge in [0.25, 0.3) is 5.91 Å². The van der Waals surface area contributed by atoms with Crippen molar-refractivity contribution in [2.75, 3.05) is 29.0 Å². The molecule has 0 saturated carbocycles. The van der Waals surface area contributed by atoms with E-state index in [1.54, 1.807) is 43.3 Å². The number of carbonyl (C=O) groups is 2. The fourth-order valence-electron chi connectivity index (χ4n) is 4.13. The molecule has 1 aliphatic rings. The Balaban J connectivity index is 1.86. The molecule has 33 heavy (non-hydrogen) atoms. The summed E-state index contributed by atoms with van der Waals surface area (Å²) in [6.07, 6.45) is 5.24. The van der Waals surface area contributed by atoms with Crippen LogP contribution in [0.3, 0.4) is 0 Å². The molecule has 0 spiro atoms. The van der Waals surface area contributed by atoms with Crippen molar-refractivity contribution in [1.29, 1.82) is 0 Å². The van der Waals surface area contributed by atoms with Crippen LogP contribution < -0.4 is 9.62 Å². The summed E-state index contributed by atoms with van der Waals surface area (Å²) in [4.78, 5) is 28.2. The fraction of sp³-hybridized carbons (Fsp3) is 0.440. The third-order valence-electron chi connectivity index (χ3n) is 6.14. The number of benzene rings is 2. The maximum atomic E-state index is 13.2. The molecular formula is C25H33N3O4S. The number of anilines is 2. The minimum Gasteiger partial charge on any atom is -0.339 e. The molecule has 178 valence electrons. The number of amides is 2. The minimum atomic E-state index is -3.73. The van der Waals surface area contributed by atoms with Crippen LogP contribution in [-0.4, -0.2) is 50.5 Å². The Morgan fingerprint density at radius 2 is 1.61 bits per heavy atom. The van der Waals surface area contributed by atoms with Crippen molar-refractivity contribution in [3.05, 3.63) is 59.2 Å². The Labute approximate surface area is 196 Å². The molecule has 1 atom stereocenters. The van der Waals surface area contributed by atoms with E-state index in [1.165, 1.54) is 0 Å². The van der Waals surface area contributed by atoms with Crippen LogP contribution in [0.4, 0.5) is 11.4 Å². The highest BCUT2D eigenvalue weighted by Crippen LogP contribution is 2.25. The van der Waals surface area contributed by atoms with Gasteiger partial charge in [-0.2, -0.15) is 0 Å². The number of rotatable bonds is 6. The van der Waals surface area contributed by atoms with Crippen LogP contribution in [0.5, 0.6) is 0 Å². The van der Waals surface area contributed by atoms with E-state index in [9.17, 15) is 18.0 Å². The second-order valence-electron chi connectivity index (χ2n) is 8.74. The van der Waals surface area contributed by atoms with Gasteiger partial charge in [0.05, 0.1) is 23.2 Å². The second-order valence-corrected chi connectivity index (χ2v) is 10.6. The molecule has 0 bridgehead atoms. The third kappa shape index (κ3) is 5.93. The number of nitrogens with zero attached hydrogens (tertiary/aromatic N) is 2. The quantitative estimate of drug-likeness (QED) is 0.687. The Hall–Kier alpha value is -2.87. The highest BCUT2D eigenvalue weighted by Gasteiger charge is 2.30. The molecule has 1 saturated heterocycles. The summed E-state index contributed by atoms with van der Waals surface area (Å²) in [7, 11) is -3.73. The predicted octanol–water partition coefficient (Wildman–Crippen LogP) is 4.11. The summed E-state index contributed by atoms with van der Waals surface area (Å²) in [5.41, 5.74) is 3.19. The SMILES string of the molecule is Cc1ccc(N([C@H](C)C(=O)Nc2ccccc2C(=O)N2CCCCCC2)S(C)(=O)=O)cc1C. The zero-order valence-corrected chi connectivity index (χ0v) is 20.6. The smallest absolute Gasteiger partial charge is 0.255 e. The lowest BCUT2D eigenvalue weighted by Gasteiger charge is -2.29. The van der Waals surface area contributed by atoms with Crippen molar-refractivity contribution < 1.29 is 18.0 Å². The molecule has 2 aromatic carbocycles. The van der Waals surface area contributed by atoms with Gasteiger partial charge in [-0.15, -0.1) is 0 Å². The molecular weight excluding hydrogens is 438 g/mol. The summed E-state index contributed by atoms with van der Waals surface area (Å²) in [5.74, 6) is -0.621. The van der Waals surface area contributed by atoms with E-state index < -0.39 is 22.0 Å². The summed E-state index contributed by atoms with van der Waals surface area (Å²) >= 11 is 0. The van der Waals surface area contributed by atoms with Crippen molar-refractivity contribution >= 4 is 33.2 Å². The number of para-hydroxylation sites is 1. The molecule has 0 aliphatic carbocycles.